The van der Waals surface area contributed by atoms with Gasteiger partial charge in [0.1, 0.15) is 11.4 Å². The van der Waals surface area contributed by atoms with Gasteiger partial charge in [-0.3, -0.25) is 9.89 Å². The van der Waals surface area contributed by atoms with Crippen LogP contribution >= 0.6 is 0 Å². The van der Waals surface area contributed by atoms with Gasteiger partial charge in [-0.05, 0) is 23.8 Å². The lowest BCUT2D eigenvalue weighted by molar-refractivity contribution is 0.0779. The SMILES string of the molecule is CN(Cc1cccc(O)c1)C(=O)c1ccn[nH]1. The van der Waals surface area contributed by atoms with Crippen LogP contribution in [0.25, 0.3) is 0 Å². The fraction of sp³-hybridized carbons (Fsp3) is 0.167. The van der Waals surface area contributed by atoms with Gasteiger partial charge in [-0.2, -0.15) is 5.10 Å². The van der Waals surface area contributed by atoms with Crippen molar-refractivity contribution in [3.63, 3.8) is 0 Å². The number of aromatic amines is 1. The number of carbonyl (C=O) groups excluding carboxylic acids is 1. The third-order valence-electron chi connectivity index (χ3n) is 2.41. The highest BCUT2D eigenvalue weighted by atomic mass is 16.3. The molecule has 0 unspecified atom stereocenters. The van der Waals surface area contributed by atoms with Crippen LogP contribution in [0.3, 0.4) is 0 Å². The number of phenols is 1. The minimum absolute atomic E-state index is 0.133. The van der Waals surface area contributed by atoms with Crippen LogP contribution in [0.4, 0.5) is 0 Å². The van der Waals surface area contributed by atoms with E-state index in [4.69, 9.17) is 0 Å². The van der Waals surface area contributed by atoms with Gasteiger partial charge >= 0.3 is 0 Å². The Morgan fingerprint density at radius 3 is 2.94 bits per heavy atom. The molecular formula is C12H13N3O2. The van der Waals surface area contributed by atoms with E-state index in [-0.39, 0.29) is 11.7 Å². The minimum Gasteiger partial charge on any atom is -0.508 e. The quantitative estimate of drug-likeness (QED) is 0.838. The summed E-state index contributed by atoms with van der Waals surface area (Å²) in [7, 11) is 1.70. The monoisotopic (exact) mass is 231 g/mol. The zero-order chi connectivity index (χ0) is 12.3. The molecule has 5 nitrogen and oxygen atoms in total. The van der Waals surface area contributed by atoms with Crippen molar-refractivity contribution in [3.8, 4) is 5.75 Å². The number of nitrogens with one attached hydrogen (secondary N) is 1. The van der Waals surface area contributed by atoms with Crippen LogP contribution < -0.4 is 0 Å². The summed E-state index contributed by atoms with van der Waals surface area (Å²) in [5, 5.41) is 15.7. The number of aromatic nitrogens is 2. The number of carbonyl (C=O) groups is 1. The first kappa shape index (κ1) is 11.2. The number of hydrogen-bond acceptors (Lipinski definition) is 3. The van der Waals surface area contributed by atoms with E-state index in [1.165, 1.54) is 6.20 Å². The molecule has 5 heteroatoms. The van der Waals surface area contributed by atoms with Gasteiger partial charge in [0.05, 0.1) is 0 Å². The molecule has 0 atom stereocenters. The van der Waals surface area contributed by atoms with Crippen molar-refractivity contribution in [2.24, 2.45) is 0 Å². The summed E-state index contributed by atoms with van der Waals surface area (Å²) in [5.74, 6) is 0.0655. The molecule has 0 spiro atoms. The fourth-order valence-electron chi connectivity index (χ4n) is 1.58. The standard InChI is InChI=1S/C12H13N3O2/c1-15(12(17)11-5-6-13-14-11)8-9-3-2-4-10(16)7-9/h2-7,16H,8H2,1H3,(H,13,14). The van der Waals surface area contributed by atoms with Crippen molar-refractivity contribution in [1.82, 2.24) is 15.1 Å². The zero-order valence-electron chi connectivity index (χ0n) is 9.42. The maximum atomic E-state index is 11.9. The number of rotatable bonds is 3. The number of aromatic hydroxyl groups is 1. The molecule has 0 aliphatic carbocycles. The smallest absolute Gasteiger partial charge is 0.271 e. The summed E-state index contributed by atoms with van der Waals surface area (Å²) in [4.78, 5) is 13.4. The first-order chi connectivity index (χ1) is 8.16. The zero-order valence-corrected chi connectivity index (χ0v) is 9.42. The topological polar surface area (TPSA) is 69.2 Å². The molecule has 88 valence electrons. The maximum absolute atomic E-state index is 11.9. The van der Waals surface area contributed by atoms with Gasteiger partial charge < -0.3 is 10.0 Å². The fourth-order valence-corrected chi connectivity index (χ4v) is 1.58. The molecule has 0 aliphatic rings. The lowest BCUT2D eigenvalue weighted by Gasteiger charge is -2.16. The summed E-state index contributed by atoms with van der Waals surface area (Å²) in [6, 6.07) is 8.47. The van der Waals surface area contributed by atoms with Crippen molar-refractivity contribution in [2.45, 2.75) is 6.54 Å². The van der Waals surface area contributed by atoms with Gasteiger partial charge in [-0.1, -0.05) is 12.1 Å². The second-order valence-corrected chi connectivity index (χ2v) is 3.80. The van der Waals surface area contributed by atoms with Crippen LogP contribution in [0, 0.1) is 0 Å². The number of benzene rings is 1. The van der Waals surface area contributed by atoms with Crippen molar-refractivity contribution in [3.05, 3.63) is 47.8 Å². The largest absolute Gasteiger partial charge is 0.508 e. The van der Waals surface area contributed by atoms with E-state index in [1.807, 2.05) is 6.07 Å². The molecule has 17 heavy (non-hydrogen) atoms. The van der Waals surface area contributed by atoms with Crippen molar-refractivity contribution >= 4 is 5.91 Å². The second kappa shape index (κ2) is 4.69. The number of hydrogen-bond donors (Lipinski definition) is 2. The first-order valence-corrected chi connectivity index (χ1v) is 5.19. The van der Waals surface area contributed by atoms with Gasteiger partial charge in [0.15, 0.2) is 0 Å². The summed E-state index contributed by atoms with van der Waals surface area (Å²) >= 11 is 0. The lowest BCUT2D eigenvalue weighted by Crippen LogP contribution is -2.26. The van der Waals surface area contributed by atoms with Gasteiger partial charge in [-0.15, -0.1) is 0 Å². The molecule has 1 aromatic carbocycles. The van der Waals surface area contributed by atoms with E-state index >= 15 is 0 Å². The highest BCUT2D eigenvalue weighted by Crippen LogP contribution is 2.13. The van der Waals surface area contributed by atoms with Crippen LogP contribution in [-0.2, 0) is 6.54 Å². The van der Waals surface area contributed by atoms with Crippen molar-refractivity contribution < 1.29 is 9.90 Å². The van der Waals surface area contributed by atoms with Gasteiger partial charge in [-0.25, -0.2) is 0 Å². The predicted octanol–water partition coefficient (Wildman–Crippen LogP) is 1.39. The Morgan fingerprint density at radius 2 is 2.29 bits per heavy atom. The molecule has 2 rings (SSSR count). The summed E-state index contributed by atoms with van der Waals surface area (Å²) < 4.78 is 0. The van der Waals surface area contributed by atoms with Crippen molar-refractivity contribution in [1.29, 1.82) is 0 Å². The molecule has 0 fully saturated rings. The molecule has 1 amide bonds. The summed E-state index contributed by atoms with van der Waals surface area (Å²) in [5.41, 5.74) is 1.33. The van der Waals surface area contributed by atoms with E-state index < -0.39 is 0 Å². The molecule has 2 N–H and O–H groups in total. The Morgan fingerprint density at radius 1 is 1.47 bits per heavy atom. The Bertz CT molecular complexity index is 508. The van der Waals surface area contributed by atoms with Gasteiger partial charge in [0.2, 0.25) is 0 Å². The Kier molecular flexibility index (Phi) is 3.09. The van der Waals surface area contributed by atoms with Crippen LogP contribution in [-0.4, -0.2) is 33.2 Å². The van der Waals surface area contributed by atoms with Crippen LogP contribution in [0.15, 0.2) is 36.5 Å². The average Bonchev–Trinajstić information content (AvgIpc) is 2.81. The van der Waals surface area contributed by atoms with Crippen LogP contribution in [0.2, 0.25) is 0 Å². The Hall–Kier alpha value is -2.30. The highest BCUT2D eigenvalue weighted by Gasteiger charge is 2.12. The summed E-state index contributed by atoms with van der Waals surface area (Å²) in [6.07, 6.45) is 1.54. The molecule has 2 aromatic rings. The normalized spacial score (nSPS) is 10.2. The molecule has 0 saturated carbocycles. The second-order valence-electron chi connectivity index (χ2n) is 3.80. The molecule has 0 aliphatic heterocycles. The third kappa shape index (κ3) is 2.63. The molecule has 0 bridgehead atoms. The molecular weight excluding hydrogens is 218 g/mol. The highest BCUT2D eigenvalue weighted by molar-refractivity contribution is 5.91. The van der Waals surface area contributed by atoms with E-state index in [1.54, 1.807) is 36.2 Å². The van der Waals surface area contributed by atoms with E-state index in [2.05, 4.69) is 10.2 Å². The number of phenolic OH excluding ortho intramolecular Hbond substituents is 1. The minimum atomic E-state index is -0.133. The third-order valence-corrected chi connectivity index (χ3v) is 2.41. The van der Waals surface area contributed by atoms with Crippen molar-refractivity contribution in [2.75, 3.05) is 7.05 Å². The average molecular weight is 231 g/mol. The van der Waals surface area contributed by atoms with Gasteiger partial charge in [0, 0.05) is 19.8 Å². The number of nitrogens with zero attached hydrogens (tertiary/aromatic N) is 2. The van der Waals surface area contributed by atoms with E-state index in [0.717, 1.165) is 5.56 Å². The Balaban J connectivity index is 2.07. The predicted molar refractivity (Wildman–Crippen MR) is 62.5 cm³/mol. The number of amides is 1. The maximum Gasteiger partial charge on any atom is 0.271 e. The first-order valence-electron chi connectivity index (χ1n) is 5.19. The van der Waals surface area contributed by atoms with Crippen LogP contribution in [0.1, 0.15) is 16.1 Å². The number of H-pyrrole nitrogens is 1. The van der Waals surface area contributed by atoms with E-state index in [9.17, 15) is 9.90 Å². The van der Waals surface area contributed by atoms with E-state index in [0.29, 0.717) is 12.2 Å². The summed E-state index contributed by atoms with van der Waals surface area (Å²) in [6.45, 7) is 0.437. The lowest BCUT2D eigenvalue weighted by atomic mass is 10.2. The Labute approximate surface area is 98.7 Å². The molecule has 1 aromatic heterocycles. The molecule has 1 heterocycles. The molecule has 0 radical (unpaired) electrons. The van der Waals surface area contributed by atoms with Crippen LogP contribution in [0.5, 0.6) is 5.75 Å². The van der Waals surface area contributed by atoms with Gasteiger partial charge in [0.25, 0.3) is 5.91 Å². The molecule has 0 saturated heterocycles.